The van der Waals surface area contributed by atoms with Crippen LogP contribution in [0.2, 0.25) is 4.34 Å². The number of carboxylic acids is 1. The smallest absolute Gasteiger partial charge is 0.406 e. The number of rotatable bonds is 3. The number of nitrogens with zero attached hydrogens (tertiary/aromatic N) is 1. The van der Waals surface area contributed by atoms with Gasteiger partial charge in [-0.05, 0) is 25.5 Å². The average molecular weight is 356 g/mol. The van der Waals surface area contributed by atoms with Gasteiger partial charge in [0.1, 0.15) is 0 Å². The summed E-state index contributed by atoms with van der Waals surface area (Å²) in [5.74, 6) is -3.12. The summed E-state index contributed by atoms with van der Waals surface area (Å²) in [4.78, 5) is 25.0. The van der Waals surface area contributed by atoms with Crippen molar-refractivity contribution in [3.8, 4) is 0 Å². The second-order valence-corrected chi connectivity index (χ2v) is 7.01. The highest BCUT2D eigenvalue weighted by atomic mass is 35.5. The molecule has 122 valence electrons. The third-order valence-electron chi connectivity index (χ3n) is 3.92. The average Bonchev–Trinajstić information content (AvgIpc) is 3.03. The number of hydrogen-bond acceptors (Lipinski definition) is 3. The van der Waals surface area contributed by atoms with Crippen molar-refractivity contribution in [3.05, 3.63) is 21.3 Å². The van der Waals surface area contributed by atoms with Crippen LogP contribution in [0.1, 0.15) is 24.1 Å². The van der Waals surface area contributed by atoms with Crippen LogP contribution >= 0.6 is 22.9 Å². The van der Waals surface area contributed by atoms with E-state index in [4.69, 9.17) is 16.7 Å². The van der Waals surface area contributed by atoms with Gasteiger partial charge in [-0.2, -0.15) is 13.2 Å². The predicted octanol–water partition coefficient (Wildman–Crippen LogP) is 3.37. The minimum Gasteiger partial charge on any atom is -0.481 e. The van der Waals surface area contributed by atoms with Crippen molar-refractivity contribution in [1.29, 1.82) is 0 Å². The molecule has 2 rings (SSSR count). The maximum absolute atomic E-state index is 13.1. The fourth-order valence-corrected chi connectivity index (χ4v) is 3.59. The summed E-state index contributed by atoms with van der Waals surface area (Å²) in [6.07, 6.45) is -5.53. The van der Waals surface area contributed by atoms with Crippen LogP contribution in [0.4, 0.5) is 13.2 Å². The molecule has 1 aliphatic rings. The van der Waals surface area contributed by atoms with E-state index in [0.717, 1.165) is 4.90 Å². The number of alkyl halides is 3. The topological polar surface area (TPSA) is 57.6 Å². The van der Waals surface area contributed by atoms with Gasteiger partial charge < -0.3 is 10.0 Å². The second-order valence-electron chi connectivity index (χ2n) is 5.26. The van der Waals surface area contributed by atoms with Gasteiger partial charge >= 0.3 is 12.1 Å². The maximum Gasteiger partial charge on any atom is 0.406 e. The Bertz CT molecular complexity index is 604. The molecule has 1 N–H and O–H groups in total. The third-order valence-corrected chi connectivity index (χ3v) is 5.34. The first-order valence-electron chi connectivity index (χ1n) is 6.42. The van der Waals surface area contributed by atoms with E-state index in [-0.39, 0.29) is 6.54 Å². The number of amides is 1. The van der Waals surface area contributed by atoms with Crippen LogP contribution < -0.4 is 0 Å². The molecule has 1 saturated heterocycles. The molecule has 0 spiro atoms. The molecule has 1 aromatic heterocycles. The van der Waals surface area contributed by atoms with Crippen molar-refractivity contribution < 1.29 is 27.9 Å². The molecular weight excluding hydrogens is 343 g/mol. The van der Waals surface area contributed by atoms with E-state index in [1.165, 1.54) is 11.3 Å². The fourth-order valence-electron chi connectivity index (χ4n) is 2.48. The van der Waals surface area contributed by atoms with Gasteiger partial charge in [-0.1, -0.05) is 11.6 Å². The lowest BCUT2D eigenvalue weighted by molar-refractivity contribution is -0.227. The van der Waals surface area contributed by atoms with Crippen molar-refractivity contribution in [2.75, 3.05) is 13.1 Å². The van der Waals surface area contributed by atoms with Crippen LogP contribution in [-0.4, -0.2) is 41.1 Å². The van der Waals surface area contributed by atoms with Gasteiger partial charge in [0, 0.05) is 18.0 Å². The maximum atomic E-state index is 13.1. The molecule has 1 aliphatic heterocycles. The molecule has 0 aliphatic carbocycles. The van der Waals surface area contributed by atoms with E-state index in [0.29, 0.717) is 9.21 Å². The van der Waals surface area contributed by atoms with Crippen molar-refractivity contribution >= 4 is 34.8 Å². The molecule has 0 bridgehead atoms. The summed E-state index contributed by atoms with van der Waals surface area (Å²) >= 11 is 6.96. The largest absolute Gasteiger partial charge is 0.481 e. The van der Waals surface area contributed by atoms with Crippen molar-refractivity contribution in [3.63, 3.8) is 0 Å². The summed E-state index contributed by atoms with van der Waals surface area (Å²) in [5.41, 5.74) is -2.88. The van der Waals surface area contributed by atoms with Gasteiger partial charge in [-0.3, -0.25) is 9.59 Å². The van der Waals surface area contributed by atoms with Gasteiger partial charge in [-0.15, -0.1) is 11.3 Å². The zero-order valence-electron chi connectivity index (χ0n) is 11.5. The summed E-state index contributed by atoms with van der Waals surface area (Å²) < 4.78 is 39.8. The minimum absolute atomic E-state index is 0.228. The molecule has 4 nitrogen and oxygen atoms in total. The minimum atomic E-state index is -4.90. The van der Waals surface area contributed by atoms with E-state index in [1.54, 1.807) is 19.1 Å². The number of carbonyl (C=O) groups is 2. The fraction of sp³-hybridized carbons (Fsp3) is 0.538. The summed E-state index contributed by atoms with van der Waals surface area (Å²) in [6.45, 7) is 0.487. The molecule has 1 aromatic rings. The number of carboxylic acid groups (broad SMARTS) is 1. The Morgan fingerprint density at radius 1 is 1.45 bits per heavy atom. The molecule has 0 radical (unpaired) electrons. The third kappa shape index (κ3) is 2.81. The molecule has 0 aromatic carbocycles. The molecule has 1 amide bonds. The Balaban J connectivity index is 2.18. The SMILES string of the molecule is CC(C(=O)N1CCC(C(=O)O)(C(F)(F)F)C1)c1ccc(Cl)s1. The molecule has 2 atom stereocenters. The standard InChI is InChI=1S/C13H13ClF3NO3S/c1-7(8-2-3-9(14)22-8)10(19)18-5-4-12(6-18,11(20)21)13(15,16)17/h2-3,7H,4-6H2,1H3,(H,20,21). The molecule has 9 heteroatoms. The molecule has 22 heavy (non-hydrogen) atoms. The molecular formula is C13H13ClF3NO3S. The normalized spacial score (nSPS) is 23.6. The lowest BCUT2D eigenvalue weighted by atomic mass is 9.86. The molecule has 2 heterocycles. The molecule has 0 saturated carbocycles. The Kier molecular flexibility index (Phi) is 4.45. The van der Waals surface area contributed by atoms with Gasteiger partial charge in [0.2, 0.25) is 5.91 Å². The van der Waals surface area contributed by atoms with E-state index in [1.807, 2.05) is 0 Å². The van der Waals surface area contributed by atoms with Crippen molar-refractivity contribution in [2.24, 2.45) is 5.41 Å². The van der Waals surface area contributed by atoms with Crippen molar-refractivity contribution in [1.82, 2.24) is 4.90 Å². The highest BCUT2D eigenvalue weighted by Crippen LogP contribution is 2.46. The number of thiophene rings is 1. The molecule has 1 fully saturated rings. The van der Waals surface area contributed by atoms with Crippen LogP contribution in [0, 0.1) is 5.41 Å². The van der Waals surface area contributed by atoms with Crippen LogP contribution in [0.15, 0.2) is 12.1 Å². The highest BCUT2D eigenvalue weighted by molar-refractivity contribution is 7.16. The first-order chi connectivity index (χ1) is 10.1. The van der Waals surface area contributed by atoms with Gasteiger partial charge in [0.25, 0.3) is 0 Å². The summed E-state index contributed by atoms with van der Waals surface area (Å²) in [5, 5.41) is 8.98. The Hall–Kier alpha value is -1.28. The Morgan fingerprint density at radius 3 is 2.50 bits per heavy atom. The number of carbonyl (C=O) groups excluding carboxylic acids is 1. The summed E-state index contributed by atoms with van der Waals surface area (Å²) in [6, 6.07) is 3.24. The first kappa shape index (κ1) is 17.1. The zero-order chi connectivity index (χ0) is 16.7. The van der Waals surface area contributed by atoms with E-state index >= 15 is 0 Å². The zero-order valence-corrected chi connectivity index (χ0v) is 13.1. The lowest BCUT2D eigenvalue weighted by Gasteiger charge is -2.27. The van der Waals surface area contributed by atoms with E-state index < -0.39 is 42.4 Å². The van der Waals surface area contributed by atoms with Crippen LogP contribution in [-0.2, 0) is 9.59 Å². The van der Waals surface area contributed by atoms with Gasteiger partial charge in [-0.25, -0.2) is 0 Å². The number of likely N-dealkylation sites (tertiary alicyclic amines) is 1. The van der Waals surface area contributed by atoms with Crippen LogP contribution in [0.3, 0.4) is 0 Å². The van der Waals surface area contributed by atoms with E-state index in [9.17, 15) is 22.8 Å². The van der Waals surface area contributed by atoms with Crippen LogP contribution in [0.25, 0.3) is 0 Å². The first-order valence-corrected chi connectivity index (χ1v) is 7.62. The lowest BCUT2D eigenvalue weighted by Crippen LogP contribution is -2.48. The van der Waals surface area contributed by atoms with E-state index in [2.05, 4.69) is 0 Å². The quantitative estimate of drug-likeness (QED) is 0.904. The number of aliphatic carboxylic acids is 1. The predicted molar refractivity (Wildman–Crippen MR) is 75.1 cm³/mol. The number of hydrogen-bond donors (Lipinski definition) is 1. The summed E-state index contributed by atoms with van der Waals surface area (Å²) in [7, 11) is 0. The molecule has 2 unspecified atom stereocenters. The monoisotopic (exact) mass is 355 g/mol. The Labute approximate surface area is 133 Å². The van der Waals surface area contributed by atoms with Gasteiger partial charge in [0.05, 0.1) is 10.3 Å². The second kappa shape index (κ2) is 5.73. The number of halogens is 4. The highest BCUT2D eigenvalue weighted by Gasteiger charge is 2.64. The van der Waals surface area contributed by atoms with Crippen LogP contribution in [0.5, 0.6) is 0 Å². The Morgan fingerprint density at radius 2 is 2.09 bits per heavy atom. The van der Waals surface area contributed by atoms with Gasteiger partial charge in [0.15, 0.2) is 5.41 Å². The van der Waals surface area contributed by atoms with Crippen molar-refractivity contribution in [2.45, 2.75) is 25.4 Å².